The summed E-state index contributed by atoms with van der Waals surface area (Å²) < 4.78 is 33.9. The molecule has 0 atom stereocenters. The quantitative estimate of drug-likeness (QED) is 0.485. The lowest BCUT2D eigenvalue weighted by atomic mass is 10.1. The monoisotopic (exact) mass is 513 g/mol. The van der Waals surface area contributed by atoms with Gasteiger partial charge in [-0.2, -0.15) is 0 Å². The highest BCUT2D eigenvalue weighted by molar-refractivity contribution is 7.92. The van der Waals surface area contributed by atoms with Crippen LogP contribution in [0.15, 0.2) is 65.6 Å². The fourth-order valence-corrected chi connectivity index (χ4v) is 5.37. The van der Waals surface area contributed by atoms with Gasteiger partial charge >= 0.3 is 0 Å². The van der Waals surface area contributed by atoms with Gasteiger partial charge in [0, 0.05) is 36.6 Å². The zero-order valence-electron chi connectivity index (χ0n) is 19.7. The van der Waals surface area contributed by atoms with Gasteiger partial charge in [-0.1, -0.05) is 29.8 Å². The Bertz CT molecular complexity index is 1320. The molecule has 3 aromatic carbocycles. The molecule has 7 nitrogen and oxygen atoms in total. The van der Waals surface area contributed by atoms with Crippen LogP contribution in [0.25, 0.3) is 0 Å². The molecule has 35 heavy (non-hydrogen) atoms. The third kappa shape index (κ3) is 6.14. The van der Waals surface area contributed by atoms with Gasteiger partial charge < -0.3 is 15.0 Å². The van der Waals surface area contributed by atoms with Gasteiger partial charge in [0.2, 0.25) is 0 Å². The van der Waals surface area contributed by atoms with E-state index >= 15 is 0 Å². The average Bonchev–Trinajstić information content (AvgIpc) is 2.85. The Kier molecular flexibility index (Phi) is 7.64. The average molecular weight is 514 g/mol. The number of rotatable bonds is 7. The van der Waals surface area contributed by atoms with Crippen molar-refractivity contribution in [2.75, 3.05) is 35.9 Å². The summed E-state index contributed by atoms with van der Waals surface area (Å²) in [4.78, 5) is 14.9. The Hall–Kier alpha value is -3.07. The molecule has 2 N–H and O–H groups in total. The van der Waals surface area contributed by atoms with E-state index in [1.807, 2.05) is 44.2 Å². The van der Waals surface area contributed by atoms with Crippen molar-refractivity contribution in [1.82, 2.24) is 5.32 Å². The molecule has 1 aliphatic rings. The van der Waals surface area contributed by atoms with Gasteiger partial charge in [0.05, 0.1) is 18.2 Å². The highest BCUT2D eigenvalue weighted by atomic mass is 35.5. The van der Waals surface area contributed by atoms with Crippen molar-refractivity contribution in [1.29, 1.82) is 0 Å². The zero-order chi connectivity index (χ0) is 25.0. The Morgan fingerprint density at radius 3 is 2.37 bits per heavy atom. The Morgan fingerprint density at radius 1 is 0.971 bits per heavy atom. The van der Waals surface area contributed by atoms with Crippen molar-refractivity contribution >= 4 is 38.9 Å². The molecule has 184 valence electrons. The largest absolute Gasteiger partial charge is 0.378 e. The van der Waals surface area contributed by atoms with Crippen LogP contribution in [0, 0.1) is 13.8 Å². The maximum atomic E-state index is 13.0. The summed E-state index contributed by atoms with van der Waals surface area (Å²) in [5.74, 6) is -0.387. The maximum Gasteiger partial charge on any atom is 0.263 e. The van der Waals surface area contributed by atoms with Crippen LogP contribution < -0.4 is 14.9 Å². The number of aryl methyl sites for hydroxylation is 2. The smallest absolute Gasteiger partial charge is 0.263 e. The number of benzene rings is 3. The molecule has 0 aliphatic carbocycles. The van der Waals surface area contributed by atoms with Crippen LogP contribution in [0.3, 0.4) is 0 Å². The summed E-state index contributed by atoms with van der Waals surface area (Å²) in [6.45, 7) is 7.32. The van der Waals surface area contributed by atoms with E-state index in [1.54, 1.807) is 12.1 Å². The molecule has 1 aliphatic heterocycles. The molecular weight excluding hydrogens is 486 g/mol. The number of halogens is 1. The minimum absolute atomic E-state index is 0.0385. The van der Waals surface area contributed by atoms with Crippen molar-refractivity contribution in [2.24, 2.45) is 0 Å². The molecule has 3 aromatic rings. The van der Waals surface area contributed by atoms with Gasteiger partial charge in [0.15, 0.2) is 0 Å². The van der Waals surface area contributed by atoms with E-state index in [-0.39, 0.29) is 21.4 Å². The molecule has 0 spiro atoms. The minimum Gasteiger partial charge on any atom is -0.378 e. The lowest BCUT2D eigenvalue weighted by molar-refractivity contribution is 0.0950. The summed E-state index contributed by atoms with van der Waals surface area (Å²) >= 11 is 6.20. The summed E-state index contributed by atoms with van der Waals surface area (Å²) in [6, 6.07) is 17.5. The van der Waals surface area contributed by atoms with Crippen LogP contribution in [0.4, 0.5) is 11.4 Å². The molecule has 4 rings (SSSR count). The lowest BCUT2D eigenvalue weighted by Crippen LogP contribution is -2.36. The SMILES string of the molecule is Cc1ccc(NS(=O)(=O)c2cc(C(=O)NCc3ccc(N4CCOCC4)cc3)ccc2Cl)cc1C. The van der Waals surface area contributed by atoms with E-state index in [2.05, 4.69) is 14.9 Å². The van der Waals surface area contributed by atoms with Gasteiger partial charge in [-0.3, -0.25) is 9.52 Å². The van der Waals surface area contributed by atoms with Gasteiger partial charge in [0.25, 0.3) is 15.9 Å². The maximum absolute atomic E-state index is 13.0. The first-order chi connectivity index (χ1) is 16.7. The van der Waals surface area contributed by atoms with Crippen molar-refractivity contribution in [3.63, 3.8) is 0 Å². The lowest BCUT2D eigenvalue weighted by Gasteiger charge is -2.28. The van der Waals surface area contributed by atoms with E-state index < -0.39 is 10.0 Å². The summed E-state index contributed by atoms with van der Waals surface area (Å²) in [5, 5.41) is 2.88. The van der Waals surface area contributed by atoms with Crippen molar-refractivity contribution in [2.45, 2.75) is 25.3 Å². The molecular formula is C26H28ClN3O4S. The van der Waals surface area contributed by atoms with Gasteiger partial charge in [-0.05, 0) is 73.0 Å². The number of nitrogens with one attached hydrogen (secondary N) is 2. The number of hydrogen-bond acceptors (Lipinski definition) is 5. The first kappa shape index (κ1) is 25.0. The highest BCUT2D eigenvalue weighted by Gasteiger charge is 2.21. The van der Waals surface area contributed by atoms with Crippen LogP contribution in [-0.4, -0.2) is 40.6 Å². The molecule has 1 saturated heterocycles. The minimum atomic E-state index is -3.99. The predicted molar refractivity (Wildman–Crippen MR) is 139 cm³/mol. The predicted octanol–water partition coefficient (Wildman–Crippen LogP) is 4.52. The molecule has 1 heterocycles. The third-order valence-corrected chi connectivity index (χ3v) is 7.87. The number of hydrogen-bond donors (Lipinski definition) is 2. The van der Waals surface area contributed by atoms with E-state index in [0.29, 0.717) is 12.2 Å². The van der Waals surface area contributed by atoms with E-state index in [1.165, 1.54) is 18.2 Å². The van der Waals surface area contributed by atoms with Crippen molar-refractivity contribution in [3.8, 4) is 0 Å². The number of amides is 1. The number of nitrogens with zero attached hydrogens (tertiary/aromatic N) is 1. The second-order valence-electron chi connectivity index (χ2n) is 8.50. The Labute approximate surface area is 211 Å². The molecule has 1 amide bonds. The van der Waals surface area contributed by atoms with Gasteiger partial charge in [-0.15, -0.1) is 0 Å². The third-order valence-electron chi connectivity index (χ3n) is 6.01. The Morgan fingerprint density at radius 2 is 1.69 bits per heavy atom. The van der Waals surface area contributed by atoms with Crippen LogP contribution in [-0.2, 0) is 21.3 Å². The zero-order valence-corrected chi connectivity index (χ0v) is 21.2. The molecule has 9 heteroatoms. The number of sulfonamides is 1. The highest BCUT2D eigenvalue weighted by Crippen LogP contribution is 2.26. The van der Waals surface area contributed by atoms with E-state index in [4.69, 9.17) is 16.3 Å². The van der Waals surface area contributed by atoms with Crippen LogP contribution >= 0.6 is 11.6 Å². The molecule has 1 fully saturated rings. The number of anilines is 2. The fourth-order valence-electron chi connectivity index (χ4n) is 3.80. The fraction of sp³-hybridized carbons (Fsp3) is 0.269. The second-order valence-corrected chi connectivity index (χ2v) is 10.6. The van der Waals surface area contributed by atoms with Gasteiger partial charge in [0.1, 0.15) is 4.90 Å². The van der Waals surface area contributed by atoms with Crippen molar-refractivity contribution in [3.05, 3.63) is 87.9 Å². The number of morpholine rings is 1. The van der Waals surface area contributed by atoms with Crippen LogP contribution in [0.1, 0.15) is 27.0 Å². The normalized spacial score (nSPS) is 14.0. The molecule has 0 unspecified atom stereocenters. The summed E-state index contributed by atoms with van der Waals surface area (Å²) in [5.41, 5.74) is 4.71. The summed E-state index contributed by atoms with van der Waals surface area (Å²) in [7, 11) is -3.99. The number of ether oxygens (including phenoxy) is 1. The van der Waals surface area contributed by atoms with E-state index in [0.717, 1.165) is 48.7 Å². The first-order valence-corrected chi connectivity index (χ1v) is 13.2. The van der Waals surface area contributed by atoms with Crippen molar-refractivity contribution < 1.29 is 17.9 Å². The molecule has 0 aromatic heterocycles. The summed E-state index contributed by atoms with van der Waals surface area (Å²) in [6.07, 6.45) is 0. The Balaban J connectivity index is 1.43. The number of carbonyl (C=O) groups excluding carboxylic acids is 1. The van der Waals surface area contributed by atoms with E-state index in [9.17, 15) is 13.2 Å². The van der Waals surface area contributed by atoms with Gasteiger partial charge in [-0.25, -0.2) is 8.42 Å². The first-order valence-electron chi connectivity index (χ1n) is 11.3. The molecule has 0 radical (unpaired) electrons. The topological polar surface area (TPSA) is 87.7 Å². The number of carbonyl (C=O) groups is 1. The molecule has 0 saturated carbocycles. The second kappa shape index (κ2) is 10.7. The standard InChI is InChI=1S/C26H28ClN3O4S/c1-18-3-7-22(15-19(18)2)29-35(32,33)25-16-21(6-10-24(25)27)26(31)28-17-20-4-8-23(9-5-20)30-11-13-34-14-12-30/h3-10,15-16,29H,11-14,17H2,1-2H3,(H,28,31). The molecule has 0 bridgehead atoms. The van der Waals surface area contributed by atoms with Crippen LogP contribution in [0.2, 0.25) is 5.02 Å². The van der Waals surface area contributed by atoms with Crippen LogP contribution in [0.5, 0.6) is 0 Å².